The van der Waals surface area contributed by atoms with Crippen LogP contribution in [0.1, 0.15) is 112 Å². The van der Waals surface area contributed by atoms with Crippen molar-refractivity contribution in [3.63, 3.8) is 0 Å². The normalized spacial score (nSPS) is 51.5. The lowest BCUT2D eigenvalue weighted by atomic mass is 9.53. The molecule has 10 aliphatic carbocycles. The van der Waals surface area contributed by atoms with Gasteiger partial charge in [0.25, 0.3) is 0 Å². The van der Waals surface area contributed by atoms with Gasteiger partial charge in [0, 0.05) is 23.7 Å². The molecule has 0 amide bonds. The highest BCUT2D eigenvalue weighted by Gasteiger charge is 2.66. The van der Waals surface area contributed by atoms with Crippen molar-refractivity contribution in [3.8, 4) is 11.4 Å². The van der Waals surface area contributed by atoms with E-state index in [9.17, 15) is 0 Å². The van der Waals surface area contributed by atoms with Crippen molar-refractivity contribution in [1.82, 2.24) is 9.97 Å². The van der Waals surface area contributed by atoms with Crippen molar-refractivity contribution in [1.29, 1.82) is 0 Å². The SMILES string of the molecule is c1cc2c(nc1-c1ccc3c(n1)[C@H]1OC4(O[C@H]1CC3)C1CC3CC(C1)CC4C3)[C@H]1OC3(O[C@H]1CC2)C1CC2CC(C1)CC3C2. The number of aryl methyl sites for hydroxylation is 2. The monoisotopic (exact) mass is 592 g/mol. The van der Waals surface area contributed by atoms with E-state index in [1.165, 1.54) is 75.3 Å². The minimum atomic E-state index is -0.366. The van der Waals surface area contributed by atoms with Crippen LogP contribution in [0.3, 0.4) is 0 Å². The molecule has 2 aliphatic heterocycles. The molecule has 4 atom stereocenters. The molecule has 2 aromatic heterocycles. The zero-order chi connectivity index (χ0) is 28.4. The maximum absolute atomic E-state index is 7.16. The van der Waals surface area contributed by atoms with E-state index in [1.807, 2.05) is 0 Å². The van der Waals surface area contributed by atoms with Gasteiger partial charge in [-0.15, -0.1) is 0 Å². The molecule has 2 aromatic rings. The molecule has 0 radical (unpaired) electrons. The summed E-state index contributed by atoms with van der Waals surface area (Å²) in [5.74, 6) is 5.14. The fourth-order valence-corrected chi connectivity index (χ4v) is 13.3. The van der Waals surface area contributed by atoms with Gasteiger partial charge in [0.05, 0.1) is 35.0 Å². The van der Waals surface area contributed by atoms with Crippen molar-refractivity contribution >= 4 is 0 Å². The van der Waals surface area contributed by atoms with Gasteiger partial charge in [-0.3, -0.25) is 0 Å². The average molecular weight is 593 g/mol. The van der Waals surface area contributed by atoms with E-state index in [-0.39, 0.29) is 36.0 Å². The Morgan fingerprint density at radius 2 is 0.864 bits per heavy atom. The van der Waals surface area contributed by atoms with Crippen molar-refractivity contribution in [2.75, 3.05) is 0 Å². The standard InChI is InChI=1S/C38H44N2O4/c1-5-29(39-33-23(1)3-7-31-35(33)43-37(41-31)25-11-19-9-20(13-25)14-26(37)12-19)30-6-2-24-4-8-32-36(34(24)40-30)44-38(42-32)27-15-21-10-22(17-27)18-28(38)16-21/h1-2,5-6,19-22,25-28,31-32,35-36H,3-4,7-18H2/t19?,20?,21?,22?,25?,26?,27?,28?,31-,32-,35-,36-,37?,38?/m0/s1. The van der Waals surface area contributed by atoms with Crippen LogP contribution in [0.4, 0.5) is 0 Å². The van der Waals surface area contributed by atoms with Crippen LogP contribution < -0.4 is 0 Å². The smallest absolute Gasteiger partial charge is 0.175 e. The molecule has 8 saturated carbocycles. The molecular weight excluding hydrogens is 548 g/mol. The molecule has 230 valence electrons. The molecule has 2 saturated heterocycles. The van der Waals surface area contributed by atoms with Gasteiger partial charge in [0.2, 0.25) is 0 Å². The second-order valence-corrected chi connectivity index (χ2v) is 17.0. The number of nitrogens with zero attached hydrogens (tertiary/aromatic N) is 2. The second kappa shape index (κ2) is 8.53. The van der Waals surface area contributed by atoms with Gasteiger partial charge in [-0.25, -0.2) is 9.97 Å². The highest BCUT2D eigenvalue weighted by Crippen LogP contribution is 2.66. The van der Waals surface area contributed by atoms with E-state index in [4.69, 9.17) is 28.9 Å². The first-order valence-corrected chi connectivity index (χ1v) is 18.3. The van der Waals surface area contributed by atoms with Crippen LogP contribution >= 0.6 is 0 Å². The molecule has 14 rings (SSSR count). The fourth-order valence-electron chi connectivity index (χ4n) is 13.3. The number of fused-ring (bicyclic) bond motifs is 6. The lowest BCUT2D eigenvalue weighted by molar-refractivity contribution is -0.299. The summed E-state index contributed by atoms with van der Waals surface area (Å²) in [4.78, 5) is 10.7. The summed E-state index contributed by atoms with van der Waals surface area (Å²) in [6.45, 7) is 0. The Bertz CT molecular complexity index is 1400. The molecule has 10 fully saturated rings. The Hall–Kier alpha value is -1.86. The number of rotatable bonds is 1. The maximum Gasteiger partial charge on any atom is 0.175 e. The first-order valence-electron chi connectivity index (χ1n) is 18.3. The van der Waals surface area contributed by atoms with E-state index in [0.29, 0.717) is 23.7 Å². The second-order valence-electron chi connectivity index (χ2n) is 17.0. The highest BCUT2D eigenvalue weighted by atomic mass is 16.8. The lowest BCUT2D eigenvalue weighted by Gasteiger charge is -2.58. The Morgan fingerprint density at radius 1 is 0.477 bits per heavy atom. The van der Waals surface area contributed by atoms with Crippen LogP contribution in [0.25, 0.3) is 11.4 Å². The third-order valence-corrected chi connectivity index (χ3v) is 14.7. The summed E-state index contributed by atoms with van der Waals surface area (Å²) >= 11 is 0. The lowest BCUT2D eigenvalue weighted by Crippen LogP contribution is -2.58. The minimum Gasteiger partial charge on any atom is -0.343 e. The molecular formula is C38H44N2O4. The molecule has 0 N–H and O–H groups in total. The van der Waals surface area contributed by atoms with Gasteiger partial charge in [0.1, 0.15) is 12.2 Å². The summed E-state index contributed by atoms with van der Waals surface area (Å²) in [6, 6.07) is 8.96. The van der Waals surface area contributed by atoms with Crippen molar-refractivity contribution in [2.45, 2.75) is 126 Å². The molecule has 6 heteroatoms. The van der Waals surface area contributed by atoms with Crippen LogP contribution in [0.2, 0.25) is 0 Å². The zero-order valence-electron chi connectivity index (χ0n) is 25.7. The Kier molecular flexibility index (Phi) is 4.90. The summed E-state index contributed by atoms with van der Waals surface area (Å²) in [7, 11) is 0. The molecule has 12 aliphatic rings. The molecule has 2 spiro atoms. The van der Waals surface area contributed by atoms with Crippen LogP contribution in [0.15, 0.2) is 24.3 Å². The molecule has 8 bridgehead atoms. The molecule has 0 unspecified atom stereocenters. The number of hydrogen-bond donors (Lipinski definition) is 0. The topological polar surface area (TPSA) is 62.7 Å². The van der Waals surface area contributed by atoms with Crippen LogP contribution in [0.5, 0.6) is 0 Å². The van der Waals surface area contributed by atoms with Gasteiger partial charge in [0.15, 0.2) is 11.6 Å². The molecule has 44 heavy (non-hydrogen) atoms. The summed E-state index contributed by atoms with van der Waals surface area (Å²) < 4.78 is 28.4. The first-order chi connectivity index (χ1) is 21.6. The quantitative estimate of drug-likeness (QED) is 0.348. The molecule has 4 heterocycles. The first kappa shape index (κ1) is 25.3. The highest BCUT2D eigenvalue weighted by molar-refractivity contribution is 5.57. The number of pyridine rings is 2. The van der Waals surface area contributed by atoms with Gasteiger partial charge in [-0.05, 0) is 137 Å². The van der Waals surface area contributed by atoms with Gasteiger partial charge in [-0.2, -0.15) is 0 Å². The van der Waals surface area contributed by atoms with E-state index in [0.717, 1.165) is 72.1 Å². The van der Waals surface area contributed by atoms with Crippen molar-refractivity contribution in [2.24, 2.45) is 47.3 Å². The molecule has 6 nitrogen and oxygen atoms in total. The molecule has 0 aromatic carbocycles. The maximum atomic E-state index is 7.16. The van der Waals surface area contributed by atoms with Gasteiger partial charge >= 0.3 is 0 Å². The average Bonchev–Trinajstić information content (AvgIpc) is 3.63. The van der Waals surface area contributed by atoms with Crippen LogP contribution in [-0.4, -0.2) is 33.8 Å². The van der Waals surface area contributed by atoms with Crippen LogP contribution in [0, 0.1) is 47.3 Å². The van der Waals surface area contributed by atoms with Crippen molar-refractivity contribution < 1.29 is 18.9 Å². The summed E-state index contributed by atoms with van der Waals surface area (Å²) in [6.07, 6.45) is 17.5. The van der Waals surface area contributed by atoms with E-state index >= 15 is 0 Å². The largest absolute Gasteiger partial charge is 0.343 e. The van der Waals surface area contributed by atoms with E-state index in [1.54, 1.807) is 0 Å². The third kappa shape index (κ3) is 3.22. The van der Waals surface area contributed by atoms with Gasteiger partial charge in [-0.1, -0.05) is 12.1 Å². The van der Waals surface area contributed by atoms with Crippen LogP contribution in [-0.2, 0) is 31.8 Å². The Labute approximate surface area is 260 Å². The predicted octanol–water partition coefficient (Wildman–Crippen LogP) is 7.25. The third-order valence-electron chi connectivity index (χ3n) is 14.7. The predicted molar refractivity (Wildman–Crippen MR) is 161 cm³/mol. The zero-order valence-corrected chi connectivity index (χ0v) is 25.7. The number of aromatic nitrogens is 2. The van der Waals surface area contributed by atoms with E-state index < -0.39 is 0 Å². The van der Waals surface area contributed by atoms with Crippen molar-refractivity contribution in [3.05, 3.63) is 46.8 Å². The number of ether oxygens (including phenoxy) is 4. The fraction of sp³-hybridized carbons (Fsp3) is 0.737. The minimum absolute atomic E-state index is 0.0541. The number of hydrogen-bond acceptors (Lipinski definition) is 6. The summed E-state index contributed by atoms with van der Waals surface area (Å²) in [5, 5.41) is 0. The van der Waals surface area contributed by atoms with Gasteiger partial charge < -0.3 is 18.9 Å². The Balaban J connectivity index is 0.873. The summed E-state index contributed by atoms with van der Waals surface area (Å²) in [5.41, 5.74) is 6.77. The van der Waals surface area contributed by atoms with E-state index in [2.05, 4.69) is 24.3 Å². The Morgan fingerprint density at radius 3 is 1.25 bits per heavy atom.